The van der Waals surface area contributed by atoms with E-state index in [0.29, 0.717) is 4.70 Å². The van der Waals surface area contributed by atoms with Gasteiger partial charge in [-0.05, 0) is 13.0 Å². The second kappa shape index (κ2) is 8.46. The fourth-order valence-electron chi connectivity index (χ4n) is 2.34. The Morgan fingerprint density at radius 3 is 2.53 bits per heavy atom. The Labute approximate surface area is 174 Å². The third-order valence-corrected chi connectivity index (χ3v) is 6.07. The zero-order valence-electron chi connectivity index (χ0n) is 15.8. The quantitative estimate of drug-likeness (QED) is 0.547. The van der Waals surface area contributed by atoms with Gasteiger partial charge in [0, 0.05) is 10.1 Å². The van der Waals surface area contributed by atoms with Crippen molar-refractivity contribution >= 4 is 49.6 Å². The van der Waals surface area contributed by atoms with Crippen LogP contribution in [0.4, 0.5) is 15.5 Å². The van der Waals surface area contributed by atoms with Gasteiger partial charge in [0.1, 0.15) is 10.7 Å². The number of methoxy groups -OCH3 is 2. The molecular weight excluding hydrogens is 438 g/mol. The van der Waals surface area contributed by atoms with E-state index in [1.54, 1.807) is 18.2 Å². The van der Waals surface area contributed by atoms with Crippen LogP contribution in [0.1, 0.15) is 5.82 Å². The fraction of sp³-hybridized carbons (Fsp3) is 0.188. The molecule has 0 unspecified atom stereocenters. The Morgan fingerprint density at radius 1 is 1.10 bits per heavy atom. The maximum Gasteiger partial charge on any atom is 0.514 e. The number of nitrogens with one attached hydrogen (secondary N) is 2. The summed E-state index contributed by atoms with van der Waals surface area (Å²) in [6.07, 6.45) is -1.10. The minimum atomic E-state index is -4.46. The zero-order chi connectivity index (χ0) is 21.9. The van der Waals surface area contributed by atoms with Gasteiger partial charge in [-0.3, -0.25) is 5.32 Å². The summed E-state index contributed by atoms with van der Waals surface area (Å²) >= 11 is 0.909. The molecule has 0 radical (unpaired) electrons. The third-order valence-electron chi connectivity index (χ3n) is 3.49. The highest BCUT2D eigenvalue weighted by Gasteiger charge is 2.29. The first-order chi connectivity index (χ1) is 14.2. The summed E-state index contributed by atoms with van der Waals surface area (Å²) in [5.74, 6) is 0.0332. The number of aryl methyl sites for hydroxylation is 1. The summed E-state index contributed by atoms with van der Waals surface area (Å²) in [6.45, 7) is 1.54. The van der Waals surface area contributed by atoms with E-state index in [0.717, 1.165) is 18.4 Å². The van der Waals surface area contributed by atoms with Gasteiger partial charge in [-0.2, -0.15) is 15.0 Å². The number of anilines is 1. The molecule has 0 fully saturated rings. The highest BCUT2D eigenvalue weighted by atomic mass is 32.2. The van der Waals surface area contributed by atoms with Crippen LogP contribution in [0.25, 0.3) is 10.1 Å². The standard InChI is InChI=1S/C16H15N5O7S2/c1-8-17-13(20-15(18-8)26-2)19-14(22)21-30(24,25)11-9-6-4-5-7-10(9)29-12(11)28-16(23)27-3/h4-7H,1-3H3,(H2,17,18,19,20,21,22). The van der Waals surface area contributed by atoms with Crippen molar-refractivity contribution in [2.45, 2.75) is 11.8 Å². The van der Waals surface area contributed by atoms with E-state index in [-0.39, 0.29) is 33.1 Å². The number of carbonyl (C=O) groups is 2. The van der Waals surface area contributed by atoms with Gasteiger partial charge >= 0.3 is 18.2 Å². The third kappa shape index (κ3) is 4.55. The molecule has 0 aliphatic carbocycles. The van der Waals surface area contributed by atoms with Crippen molar-refractivity contribution in [3.05, 3.63) is 30.1 Å². The predicted octanol–water partition coefficient (Wildman–Crippen LogP) is 2.06. The van der Waals surface area contributed by atoms with Crippen molar-refractivity contribution < 1.29 is 32.2 Å². The molecule has 0 saturated heterocycles. The Kier molecular flexibility index (Phi) is 5.98. The van der Waals surface area contributed by atoms with E-state index in [1.807, 2.05) is 4.72 Å². The normalized spacial score (nSPS) is 11.0. The molecule has 3 aromatic rings. The smallest absolute Gasteiger partial charge is 0.467 e. The molecular formula is C16H15N5O7S2. The van der Waals surface area contributed by atoms with Crippen LogP contribution >= 0.6 is 11.3 Å². The number of hydrogen-bond acceptors (Lipinski definition) is 11. The van der Waals surface area contributed by atoms with Crippen molar-refractivity contribution in [3.8, 4) is 11.1 Å². The van der Waals surface area contributed by atoms with E-state index in [1.165, 1.54) is 20.1 Å². The molecule has 0 saturated carbocycles. The summed E-state index contributed by atoms with van der Waals surface area (Å²) in [7, 11) is -2.05. The molecule has 2 N–H and O–H groups in total. The van der Waals surface area contributed by atoms with Crippen LogP contribution in [0.3, 0.4) is 0 Å². The number of fused-ring (bicyclic) bond motifs is 1. The lowest BCUT2D eigenvalue weighted by molar-refractivity contribution is 0.122. The molecule has 3 rings (SSSR count). The molecule has 12 nitrogen and oxygen atoms in total. The summed E-state index contributed by atoms with van der Waals surface area (Å²) in [6, 6.07) is 5.26. The van der Waals surface area contributed by atoms with Crippen molar-refractivity contribution in [1.82, 2.24) is 19.7 Å². The molecule has 158 valence electrons. The van der Waals surface area contributed by atoms with Gasteiger partial charge in [0.05, 0.1) is 14.2 Å². The van der Waals surface area contributed by atoms with E-state index in [9.17, 15) is 18.0 Å². The molecule has 2 amide bonds. The number of aromatic nitrogens is 3. The van der Waals surface area contributed by atoms with Crippen molar-refractivity contribution in [2.75, 3.05) is 19.5 Å². The summed E-state index contributed by atoms with van der Waals surface area (Å²) in [5.41, 5.74) is 0. The lowest BCUT2D eigenvalue weighted by Crippen LogP contribution is -2.35. The molecule has 0 spiro atoms. The fourth-order valence-corrected chi connectivity index (χ4v) is 4.93. The van der Waals surface area contributed by atoms with Crippen molar-refractivity contribution in [2.24, 2.45) is 0 Å². The molecule has 1 aromatic carbocycles. The molecule has 0 aliphatic rings. The highest BCUT2D eigenvalue weighted by Crippen LogP contribution is 2.40. The van der Waals surface area contributed by atoms with Crippen molar-refractivity contribution in [1.29, 1.82) is 0 Å². The largest absolute Gasteiger partial charge is 0.514 e. The molecule has 0 aliphatic heterocycles. The van der Waals surface area contributed by atoms with Gasteiger partial charge in [0.2, 0.25) is 11.0 Å². The van der Waals surface area contributed by atoms with E-state index in [4.69, 9.17) is 9.47 Å². The maximum absolute atomic E-state index is 12.9. The van der Waals surface area contributed by atoms with Gasteiger partial charge < -0.3 is 14.2 Å². The molecule has 2 aromatic heterocycles. The van der Waals surface area contributed by atoms with Gasteiger partial charge in [0.15, 0.2) is 0 Å². The number of ether oxygens (including phenoxy) is 3. The van der Waals surface area contributed by atoms with Gasteiger partial charge in [-0.25, -0.2) is 22.7 Å². The predicted molar refractivity (Wildman–Crippen MR) is 105 cm³/mol. The van der Waals surface area contributed by atoms with Crippen LogP contribution in [0, 0.1) is 6.92 Å². The Balaban J connectivity index is 1.92. The summed E-state index contributed by atoms with van der Waals surface area (Å²) in [4.78, 5) is 35.0. The summed E-state index contributed by atoms with van der Waals surface area (Å²) in [5, 5.41) is 2.21. The number of urea groups is 1. The average Bonchev–Trinajstić information content (AvgIpc) is 3.05. The molecule has 2 heterocycles. The maximum atomic E-state index is 12.9. The van der Waals surface area contributed by atoms with Gasteiger partial charge in [-0.15, -0.1) is 0 Å². The number of benzene rings is 1. The molecule has 14 heteroatoms. The topological polar surface area (TPSA) is 159 Å². The van der Waals surface area contributed by atoms with Crippen LogP contribution in [0.2, 0.25) is 0 Å². The lowest BCUT2D eigenvalue weighted by atomic mass is 10.3. The number of thiophene rings is 1. The lowest BCUT2D eigenvalue weighted by Gasteiger charge is -2.09. The Bertz CT molecular complexity index is 1230. The van der Waals surface area contributed by atoms with E-state index >= 15 is 0 Å². The molecule has 0 atom stereocenters. The number of amides is 2. The van der Waals surface area contributed by atoms with Gasteiger partial charge in [-0.1, -0.05) is 29.5 Å². The monoisotopic (exact) mass is 453 g/mol. The molecule has 0 bridgehead atoms. The van der Waals surface area contributed by atoms with Crippen molar-refractivity contribution in [3.63, 3.8) is 0 Å². The van der Waals surface area contributed by atoms with Crippen LogP contribution in [0.5, 0.6) is 11.1 Å². The first-order valence-corrected chi connectivity index (χ1v) is 10.4. The number of nitrogens with zero attached hydrogens (tertiary/aromatic N) is 3. The Hall–Kier alpha value is -3.52. The SMILES string of the molecule is COC(=O)Oc1sc2ccccc2c1S(=O)(=O)NC(=O)Nc1nc(C)nc(OC)n1. The molecule has 30 heavy (non-hydrogen) atoms. The van der Waals surface area contributed by atoms with Gasteiger partial charge in [0.25, 0.3) is 10.0 Å². The highest BCUT2D eigenvalue weighted by molar-refractivity contribution is 7.90. The number of rotatable bonds is 5. The number of sulfonamides is 1. The van der Waals surface area contributed by atoms with Crippen LogP contribution in [-0.2, 0) is 14.8 Å². The van der Waals surface area contributed by atoms with Crippen LogP contribution in [-0.4, -0.2) is 49.8 Å². The van der Waals surface area contributed by atoms with E-state index < -0.39 is 22.2 Å². The number of carbonyl (C=O) groups excluding carboxylic acids is 2. The zero-order valence-corrected chi connectivity index (χ0v) is 17.5. The number of hydrogen-bond donors (Lipinski definition) is 2. The minimum absolute atomic E-state index is 0.0572. The second-order valence-corrected chi connectivity index (χ2v) is 8.16. The average molecular weight is 453 g/mol. The summed E-state index contributed by atoms with van der Waals surface area (Å²) < 4.78 is 42.5. The Morgan fingerprint density at radius 2 is 1.83 bits per heavy atom. The van der Waals surface area contributed by atoms with E-state index in [2.05, 4.69) is 25.0 Å². The van der Waals surface area contributed by atoms with Crippen LogP contribution < -0.4 is 19.5 Å². The first kappa shape index (κ1) is 21.2. The van der Waals surface area contributed by atoms with Crippen LogP contribution in [0.15, 0.2) is 29.2 Å². The minimum Gasteiger partial charge on any atom is -0.467 e. The first-order valence-electron chi connectivity index (χ1n) is 8.11. The second-order valence-electron chi connectivity index (χ2n) is 5.52.